The van der Waals surface area contributed by atoms with Crippen molar-refractivity contribution < 1.29 is 9.90 Å². The van der Waals surface area contributed by atoms with Gasteiger partial charge in [-0.25, -0.2) is 4.79 Å². The second kappa shape index (κ2) is 7.72. The Morgan fingerprint density at radius 1 is 1.58 bits per heavy atom. The molecule has 0 heterocycles. The fraction of sp³-hybridized carbons (Fsp3) is 0.357. The number of benzene rings is 1. The maximum atomic E-state index is 11.8. The topological polar surface area (TPSA) is 61.4 Å². The molecule has 0 bridgehead atoms. The third-order valence-electron chi connectivity index (χ3n) is 2.69. The van der Waals surface area contributed by atoms with Crippen molar-refractivity contribution in [3.8, 4) is 12.3 Å². The summed E-state index contributed by atoms with van der Waals surface area (Å²) in [6.45, 7) is 1.88. The quantitative estimate of drug-likeness (QED) is 0.721. The lowest BCUT2D eigenvalue weighted by atomic mass is 10.2. The lowest BCUT2D eigenvalue weighted by molar-refractivity contribution is 0.243. The van der Waals surface area contributed by atoms with Crippen molar-refractivity contribution in [1.29, 1.82) is 0 Å². The van der Waals surface area contributed by atoms with Gasteiger partial charge in [0.15, 0.2) is 0 Å². The highest BCUT2D eigenvalue weighted by Crippen LogP contribution is 2.12. The molecule has 0 aliphatic rings. The molecule has 4 nitrogen and oxygen atoms in total. The first-order valence-corrected chi connectivity index (χ1v) is 7.17. The lowest BCUT2D eigenvalue weighted by Crippen LogP contribution is -2.43. The smallest absolute Gasteiger partial charge is 0.319 e. The van der Waals surface area contributed by atoms with Crippen LogP contribution in [0.2, 0.25) is 0 Å². The molecule has 3 N–H and O–H groups in total. The minimum atomic E-state index is -0.311. The molecule has 1 rings (SSSR count). The van der Waals surface area contributed by atoms with E-state index in [1.54, 1.807) is 24.3 Å². The zero-order valence-corrected chi connectivity index (χ0v) is 11.8. The third kappa shape index (κ3) is 4.86. The monoisotopic (exact) mass is 278 g/mol. The van der Waals surface area contributed by atoms with Crippen molar-refractivity contribution in [2.75, 3.05) is 18.2 Å². The Morgan fingerprint density at radius 3 is 2.89 bits per heavy atom. The number of thioether (sulfide) groups is 1. The van der Waals surface area contributed by atoms with Crippen LogP contribution in [0.4, 0.5) is 10.5 Å². The summed E-state index contributed by atoms with van der Waals surface area (Å²) in [5.41, 5.74) is 1.35. The predicted molar refractivity (Wildman–Crippen MR) is 80.4 cm³/mol. The normalized spacial score (nSPS) is 13.2. The van der Waals surface area contributed by atoms with Crippen molar-refractivity contribution in [2.45, 2.75) is 18.2 Å². The first kappa shape index (κ1) is 15.4. The molecule has 0 aliphatic heterocycles. The van der Waals surface area contributed by atoms with E-state index < -0.39 is 0 Å². The number of carbonyl (C=O) groups is 1. The largest absolute Gasteiger partial charge is 0.395 e. The third-order valence-corrected chi connectivity index (χ3v) is 3.85. The van der Waals surface area contributed by atoms with E-state index in [2.05, 4.69) is 16.6 Å². The molecule has 0 aromatic heterocycles. The van der Waals surface area contributed by atoms with Gasteiger partial charge in [-0.15, -0.1) is 6.42 Å². The fourth-order valence-corrected chi connectivity index (χ4v) is 2.22. The maximum Gasteiger partial charge on any atom is 0.319 e. The van der Waals surface area contributed by atoms with E-state index in [1.165, 1.54) is 11.8 Å². The Morgan fingerprint density at radius 2 is 2.32 bits per heavy atom. The summed E-state index contributed by atoms with van der Waals surface area (Å²) in [5.74, 6) is 2.51. The summed E-state index contributed by atoms with van der Waals surface area (Å²) >= 11 is 1.51. The van der Waals surface area contributed by atoms with Crippen LogP contribution in [0.15, 0.2) is 24.3 Å². The second-order valence-corrected chi connectivity index (χ2v) is 5.15. The molecule has 0 fully saturated rings. The Kier molecular flexibility index (Phi) is 6.26. The Hall–Kier alpha value is -1.64. The van der Waals surface area contributed by atoms with Gasteiger partial charge in [0.25, 0.3) is 0 Å². The molecule has 1 aromatic carbocycles. The zero-order valence-electron chi connectivity index (χ0n) is 11.0. The highest BCUT2D eigenvalue weighted by Gasteiger charge is 2.17. The van der Waals surface area contributed by atoms with Gasteiger partial charge in [-0.3, -0.25) is 0 Å². The van der Waals surface area contributed by atoms with Crippen LogP contribution in [-0.4, -0.2) is 35.3 Å². The average molecular weight is 278 g/mol. The number of hydrogen-bond acceptors (Lipinski definition) is 3. The summed E-state index contributed by atoms with van der Waals surface area (Å²) in [4.78, 5) is 11.8. The number of rotatable bonds is 5. The van der Waals surface area contributed by atoms with E-state index in [0.29, 0.717) is 11.3 Å². The highest BCUT2D eigenvalue weighted by molar-refractivity contribution is 7.99. The van der Waals surface area contributed by atoms with Crippen LogP contribution in [-0.2, 0) is 0 Å². The van der Waals surface area contributed by atoms with Gasteiger partial charge >= 0.3 is 6.03 Å². The molecule has 0 saturated heterocycles. The van der Waals surface area contributed by atoms with Crippen molar-refractivity contribution >= 4 is 23.5 Å². The van der Waals surface area contributed by atoms with Gasteiger partial charge < -0.3 is 15.7 Å². The molecule has 19 heavy (non-hydrogen) atoms. The zero-order chi connectivity index (χ0) is 14.3. The first-order valence-electron chi connectivity index (χ1n) is 5.88. The van der Waals surface area contributed by atoms with Crippen molar-refractivity contribution in [3.63, 3.8) is 0 Å². The number of aliphatic hydroxyl groups excluding tert-OH is 1. The number of hydrogen-bond donors (Lipinski definition) is 3. The summed E-state index contributed by atoms with van der Waals surface area (Å²) in [7, 11) is 0. The number of anilines is 1. The van der Waals surface area contributed by atoms with Crippen LogP contribution < -0.4 is 10.6 Å². The van der Waals surface area contributed by atoms with Crippen LogP contribution in [0.1, 0.15) is 12.5 Å². The second-order valence-electron chi connectivity index (χ2n) is 4.07. The number of nitrogens with one attached hydrogen (secondary N) is 2. The number of amides is 2. The van der Waals surface area contributed by atoms with E-state index in [1.807, 2.05) is 13.2 Å². The van der Waals surface area contributed by atoms with Gasteiger partial charge in [0.1, 0.15) is 0 Å². The molecule has 0 radical (unpaired) electrons. The van der Waals surface area contributed by atoms with Crippen LogP contribution in [0.5, 0.6) is 0 Å². The van der Waals surface area contributed by atoms with E-state index in [4.69, 9.17) is 11.5 Å². The summed E-state index contributed by atoms with van der Waals surface area (Å²) < 4.78 is 0. The first-order chi connectivity index (χ1) is 9.10. The van der Waals surface area contributed by atoms with Gasteiger partial charge in [0.05, 0.1) is 6.61 Å². The number of carbonyl (C=O) groups excluding carboxylic acids is 1. The molecule has 0 aliphatic carbocycles. The fourth-order valence-electron chi connectivity index (χ4n) is 1.59. The van der Waals surface area contributed by atoms with Gasteiger partial charge in [0, 0.05) is 22.5 Å². The molecule has 102 valence electrons. The Balaban J connectivity index is 2.58. The van der Waals surface area contributed by atoms with Gasteiger partial charge in [-0.05, 0) is 31.4 Å². The molecule has 1 aromatic rings. The number of aliphatic hydroxyl groups is 1. The number of terminal acetylenes is 1. The standard InChI is InChI=1S/C14H18N2O2S/c1-4-11-6-5-7-12(8-11)16-14(18)15-10(2)13(9-17)19-3/h1,5-8,10,13,17H,9H2,2-3H3,(H2,15,16,18)/t10-,13+/m0/s1. The molecule has 0 saturated carbocycles. The van der Waals surface area contributed by atoms with Crippen molar-refractivity contribution in [2.24, 2.45) is 0 Å². The van der Waals surface area contributed by atoms with E-state index in [9.17, 15) is 4.79 Å². The number of urea groups is 1. The summed E-state index contributed by atoms with van der Waals surface area (Å²) in [5, 5.41) is 14.6. The molecule has 2 amide bonds. The van der Waals surface area contributed by atoms with Crippen LogP contribution >= 0.6 is 11.8 Å². The maximum absolute atomic E-state index is 11.8. The minimum Gasteiger partial charge on any atom is -0.395 e. The van der Waals surface area contributed by atoms with E-state index in [-0.39, 0.29) is 23.9 Å². The molecule has 5 heteroatoms. The summed E-state index contributed by atoms with van der Waals surface area (Å²) in [6.07, 6.45) is 7.19. The van der Waals surface area contributed by atoms with Gasteiger partial charge in [-0.1, -0.05) is 12.0 Å². The predicted octanol–water partition coefficient (Wildman–Crippen LogP) is 1.90. The van der Waals surface area contributed by atoms with E-state index in [0.717, 1.165) is 0 Å². The molecule has 2 atom stereocenters. The highest BCUT2D eigenvalue weighted by atomic mass is 32.2. The molecule has 0 spiro atoms. The van der Waals surface area contributed by atoms with Gasteiger partial charge in [-0.2, -0.15) is 11.8 Å². The van der Waals surface area contributed by atoms with Crippen molar-refractivity contribution in [1.82, 2.24) is 5.32 Å². The van der Waals surface area contributed by atoms with Crippen LogP contribution in [0, 0.1) is 12.3 Å². The average Bonchev–Trinajstić information content (AvgIpc) is 2.40. The molecular formula is C14H18N2O2S. The molecule has 0 unspecified atom stereocenters. The summed E-state index contributed by atoms with van der Waals surface area (Å²) in [6, 6.07) is 6.63. The minimum absolute atomic E-state index is 0.0230. The molecular weight excluding hydrogens is 260 g/mol. The van der Waals surface area contributed by atoms with Crippen molar-refractivity contribution in [3.05, 3.63) is 29.8 Å². The Labute approximate surface area is 118 Å². The van der Waals surface area contributed by atoms with Crippen LogP contribution in [0.25, 0.3) is 0 Å². The lowest BCUT2D eigenvalue weighted by Gasteiger charge is -2.21. The SMILES string of the molecule is C#Cc1cccc(NC(=O)N[C@@H](C)[C@@H](CO)SC)c1. The van der Waals surface area contributed by atoms with E-state index >= 15 is 0 Å². The Bertz CT molecular complexity index is 467. The van der Waals surface area contributed by atoms with Gasteiger partial charge in [0.2, 0.25) is 0 Å². The van der Waals surface area contributed by atoms with Crippen LogP contribution in [0.3, 0.4) is 0 Å².